The number of rotatable bonds is 13. The average Bonchev–Trinajstić information content (AvgIpc) is 2.33. The maximum Gasteiger partial charge on any atom is 0.0491 e. The first-order valence-electron chi connectivity index (χ1n) is 7.49. The minimum Gasteiger partial charge on any atom is -0.396 e. The molecule has 2 heteroatoms. The van der Waals surface area contributed by atoms with Gasteiger partial charge in [0.1, 0.15) is 0 Å². The number of hydrogen-bond donors (Lipinski definition) is 1. The third-order valence-corrected chi connectivity index (χ3v) is 3.15. The van der Waals surface area contributed by atoms with Gasteiger partial charge in [0.05, 0.1) is 0 Å². The molecule has 0 aromatic rings. The second kappa shape index (κ2) is 14.0. The minimum atomic E-state index is 0.329. The van der Waals surface area contributed by atoms with Crippen molar-refractivity contribution < 1.29 is 9.84 Å². The Morgan fingerprint density at radius 1 is 0.941 bits per heavy atom. The summed E-state index contributed by atoms with van der Waals surface area (Å²) in [6.45, 7) is 6.69. The van der Waals surface area contributed by atoms with E-state index in [1.807, 2.05) is 0 Å². The number of unbranched alkanes of at least 4 members (excludes halogenated alkanes) is 6. The summed E-state index contributed by atoms with van der Waals surface area (Å²) in [4.78, 5) is 0. The Hall–Kier alpha value is -0.0800. The van der Waals surface area contributed by atoms with Crippen LogP contribution >= 0.6 is 0 Å². The fourth-order valence-corrected chi connectivity index (χ4v) is 1.96. The van der Waals surface area contributed by atoms with Crippen molar-refractivity contribution in [2.24, 2.45) is 5.92 Å². The molecule has 0 radical (unpaired) electrons. The molecule has 0 aromatic heterocycles. The molecule has 0 aromatic carbocycles. The molecule has 0 saturated carbocycles. The summed E-state index contributed by atoms with van der Waals surface area (Å²) in [5, 5.41) is 8.63. The van der Waals surface area contributed by atoms with Gasteiger partial charge in [-0.2, -0.15) is 0 Å². The zero-order valence-corrected chi connectivity index (χ0v) is 11.9. The van der Waals surface area contributed by atoms with E-state index in [1.54, 1.807) is 0 Å². The largest absolute Gasteiger partial charge is 0.396 e. The molecule has 1 N–H and O–H groups in total. The van der Waals surface area contributed by atoms with Crippen molar-refractivity contribution in [1.29, 1.82) is 0 Å². The first-order chi connectivity index (χ1) is 8.31. The number of aliphatic hydroxyl groups is 1. The highest BCUT2D eigenvalue weighted by Crippen LogP contribution is 2.11. The Labute approximate surface area is 108 Å². The van der Waals surface area contributed by atoms with Gasteiger partial charge in [0.2, 0.25) is 0 Å². The van der Waals surface area contributed by atoms with Gasteiger partial charge < -0.3 is 9.84 Å². The molecule has 0 aliphatic carbocycles. The SMILES string of the molecule is CCCCCCC(C)COCCCCCCO. The van der Waals surface area contributed by atoms with E-state index in [2.05, 4.69) is 13.8 Å². The van der Waals surface area contributed by atoms with Crippen molar-refractivity contribution in [1.82, 2.24) is 0 Å². The van der Waals surface area contributed by atoms with Crippen LogP contribution in [0.25, 0.3) is 0 Å². The van der Waals surface area contributed by atoms with E-state index in [4.69, 9.17) is 9.84 Å². The molecule has 0 rings (SSSR count). The number of hydrogen-bond acceptors (Lipinski definition) is 2. The first-order valence-corrected chi connectivity index (χ1v) is 7.49. The van der Waals surface area contributed by atoms with Gasteiger partial charge in [-0.25, -0.2) is 0 Å². The molecule has 2 nitrogen and oxygen atoms in total. The summed E-state index contributed by atoms with van der Waals surface area (Å²) in [6.07, 6.45) is 11.1. The van der Waals surface area contributed by atoms with Crippen LogP contribution in [0.3, 0.4) is 0 Å². The van der Waals surface area contributed by atoms with Crippen LogP contribution < -0.4 is 0 Å². The number of ether oxygens (including phenoxy) is 1. The Balaban J connectivity index is 3.08. The zero-order chi connectivity index (χ0) is 12.8. The summed E-state index contributed by atoms with van der Waals surface area (Å²) in [5.74, 6) is 0.712. The molecule has 1 atom stereocenters. The van der Waals surface area contributed by atoms with E-state index in [-0.39, 0.29) is 0 Å². The summed E-state index contributed by atoms with van der Waals surface area (Å²) in [5.41, 5.74) is 0. The van der Waals surface area contributed by atoms with Crippen LogP contribution in [0.2, 0.25) is 0 Å². The van der Waals surface area contributed by atoms with Crippen molar-refractivity contribution in [2.75, 3.05) is 19.8 Å². The Kier molecular flexibility index (Phi) is 13.9. The lowest BCUT2D eigenvalue weighted by Crippen LogP contribution is -2.07. The van der Waals surface area contributed by atoms with E-state index in [0.29, 0.717) is 12.5 Å². The van der Waals surface area contributed by atoms with Crippen molar-refractivity contribution in [3.63, 3.8) is 0 Å². The van der Waals surface area contributed by atoms with Crippen LogP contribution in [-0.4, -0.2) is 24.9 Å². The third-order valence-electron chi connectivity index (χ3n) is 3.15. The molecule has 0 saturated heterocycles. The van der Waals surface area contributed by atoms with Crippen LogP contribution in [-0.2, 0) is 4.74 Å². The molecule has 0 bridgehead atoms. The second-order valence-electron chi connectivity index (χ2n) is 5.17. The molecule has 1 unspecified atom stereocenters. The molecule has 0 fully saturated rings. The van der Waals surface area contributed by atoms with Gasteiger partial charge in [0.15, 0.2) is 0 Å². The monoisotopic (exact) mass is 244 g/mol. The lowest BCUT2D eigenvalue weighted by molar-refractivity contribution is 0.0974. The van der Waals surface area contributed by atoms with Gasteiger partial charge in [-0.1, -0.05) is 52.4 Å². The van der Waals surface area contributed by atoms with Crippen LogP contribution in [0.15, 0.2) is 0 Å². The maximum atomic E-state index is 8.63. The number of aliphatic hydroxyl groups excluding tert-OH is 1. The highest BCUT2D eigenvalue weighted by Gasteiger charge is 2.01. The predicted molar refractivity (Wildman–Crippen MR) is 74.3 cm³/mol. The van der Waals surface area contributed by atoms with Gasteiger partial charge >= 0.3 is 0 Å². The van der Waals surface area contributed by atoms with Crippen molar-refractivity contribution in [2.45, 2.75) is 71.6 Å². The van der Waals surface area contributed by atoms with Gasteiger partial charge in [0.25, 0.3) is 0 Å². The van der Waals surface area contributed by atoms with Crippen molar-refractivity contribution in [3.05, 3.63) is 0 Å². The molecule has 0 heterocycles. The third kappa shape index (κ3) is 13.9. The summed E-state index contributed by atoms with van der Waals surface area (Å²) >= 11 is 0. The highest BCUT2D eigenvalue weighted by molar-refractivity contribution is 4.52. The van der Waals surface area contributed by atoms with E-state index < -0.39 is 0 Å². The zero-order valence-electron chi connectivity index (χ0n) is 11.9. The summed E-state index contributed by atoms with van der Waals surface area (Å²) in [7, 11) is 0. The molecule has 0 amide bonds. The fraction of sp³-hybridized carbons (Fsp3) is 1.00. The fourth-order valence-electron chi connectivity index (χ4n) is 1.96. The quantitative estimate of drug-likeness (QED) is 0.493. The van der Waals surface area contributed by atoms with Gasteiger partial charge in [0, 0.05) is 19.8 Å². The Morgan fingerprint density at radius 2 is 1.65 bits per heavy atom. The van der Waals surface area contributed by atoms with Crippen LogP contribution in [0.4, 0.5) is 0 Å². The smallest absolute Gasteiger partial charge is 0.0491 e. The van der Waals surface area contributed by atoms with E-state index in [0.717, 1.165) is 32.5 Å². The standard InChI is InChI=1S/C15H32O2/c1-3-4-5-8-11-15(2)14-17-13-10-7-6-9-12-16/h15-16H,3-14H2,1-2H3. The highest BCUT2D eigenvalue weighted by atomic mass is 16.5. The molecule has 104 valence electrons. The normalized spacial score (nSPS) is 12.9. The molecular weight excluding hydrogens is 212 g/mol. The Bertz CT molecular complexity index is 137. The van der Waals surface area contributed by atoms with Crippen molar-refractivity contribution >= 4 is 0 Å². The lowest BCUT2D eigenvalue weighted by Gasteiger charge is -2.11. The van der Waals surface area contributed by atoms with E-state index in [1.165, 1.54) is 38.5 Å². The first kappa shape index (κ1) is 16.9. The molecule has 0 spiro atoms. The van der Waals surface area contributed by atoms with E-state index >= 15 is 0 Å². The van der Waals surface area contributed by atoms with Gasteiger partial charge in [-0.3, -0.25) is 0 Å². The molecule has 0 aliphatic rings. The summed E-state index contributed by atoms with van der Waals surface area (Å²) < 4.78 is 5.67. The molecule has 17 heavy (non-hydrogen) atoms. The maximum absolute atomic E-state index is 8.63. The van der Waals surface area contributed by atoms with Gasteiger partial charge in [-0.05, 0) is 25.2 Å². The Morgan fingerprint density at radius 3 is 2.35 bits per heavy atom. The minimum absolute atomic E-state index is 0.329. The molecular formula is C15H32O2. The van der Waals surface area contributed by atoms with E-state index in [9.17, 15) is 0 Å². The molecule has 0 aliphatic heterocycles. The van der Waals surface area contributed by atoms with Crippen LogP contribution in [0.1, 0.15) is 71.6 Å². The topological polar surface area (TPSA) is 29.5 Å². The summed E-state index contributed by atoms with van der Waals surface area (Å²) in [6, 6.07) is 0. The lowest BCUT2D eigenvalue weighted by atomic mass is 10.0. The average molecular weight is 244 g/mol. The van der Waals surface area contributed by atoms with Crippen LogP contribution in [0, 0.1) is 5.92 Å². The van der Waals surface area contributed by atoms with Gasteiger partial charge in [-0.15, -0.1) is 0 Å². The second-order valence-corrected chi connectivity index (χ2v) is 5.17. The van der Waals surface area contributed by atoms with Crippen molar-refractivity contribution in [3.8, 4) is 0 Å². The van der Waals surface area contributed by atoms with Crippen LogP contribution in [0.5, 0.6) is 0 Å². The predicted octanol–water partition coefficient (Wildman–Crippen LogP) is 4.16.